The lowest BCUT2D eigenvalue weighted by Crippen LogP contribution is -2.39. The average molecular weight is 366 g/mol. The molecule has 0 atom stereocenters. The van der Waals surface area contributed by atoms with Gasteiger partial charge < -0.3 is 9.47 Å². The Morgan fingerprint density at radius 2 is 1.89 bits per heavy atom. The van der Waals surface area contributed by atoms with Crippen molar-refractivity contribution in [2.24, 2.45) is 0 Å². The molecule has 7 heteroatoms. The highest BCUT2D eigenvalue weighted by Crippen LogP contribution is 2.26. The summed E-state index contributed by atoms with van der Waals surface area (Å²) in [7, 11) is 1.63. The number of carbonyl (C=O) groups is 1. The summed E-state index contributed by atoms with van der Waals surface area (Å²) >= 11 is 0. The van der Waals surface area contributed by atoms with Crippen molar-refractivity contribution in [3.8, 4) is 17.0 Å². The van der Waals surface area contributed by atoms with Crippen LogP contribution in [0.2, 0.25) is 0 Å². The van der Waals surface area contributed by atoms with Crippen LogP contribution in [0.3, 0.4) is 0 Å². The van der Waals surface area contributed by atoms with Crippen LogP contribution in [-0.2, 0) is 4.74 Å². The van der Waals surface area contributed by atoms with Gasteiger partial charge in [-0.2, -0.15) is 5.10 Å². The molecule has 0 bridgehead atoms. The fourth-order valence-electron chi connectivity index (χ4n) is 3.26. The standard InChI is InChI=1S/C20H22N4O3/c1-14-3-8-18-21-19(15-4-6-16(26-2)7-5-15)20(24(18)22-14)17(25)13-23-9-11-27-12-10-23/h3-8H,9-13H2,1-2H3. The number of hydrogen-bond donors (Lipinski definition) is 0. The van der Waals surface area contributed by atoms with Gasteiger partial charge >= 0.3 is 0 Å². The SMILES string of the molecule is COc1ccc(-c2nc3ccc(C)nn3c2C(=O)CN2CCOCC2)cc1. The molecule has 1 aliphatic rings. The molecule has 7 nitrogen and oxygen atoms in total. The quantitative estimate of drug-likeness (QED) is 0.645. The summed E-state index contributed by atoms with van der Waals surface area (Å²) in [5, 5.41) is 4.54. The maximum Gasteiger partial charge on any atom is 0.197 e. The van der Waals surface area contributed by atoms with Crippen molar-refractivity contribution in [2.45, 2.75) is 6.92 Å². The fraction of sp³-hybridized carbons (Fsp3) is 0.350. The second-order valence-corrected chi connectivity index (χ2v) is 6.59. The van der Waals surface area contributed by atoms with Crippen LogP contribution in [0.1, 0.15) is 16.2 Å². The number of aryl methyl sites for hydroxylation is 1. The Bertz CT molecular complexity index is 959. The Morgan fingerprint density at radius 1 is 1.15 bits per heavy atom. The highest BCUT2D eigenvalue weighted by Gasteiger charge is 2.24. The molecule has 0 unspecified atom stereocenters. The van der Waals surface area contributed by atoms with Gasteiger partial charge in [0.25, 0.3) is 0 Å². The second kappa shape index (κ2) is 7.46. The number of nitrogens with zero attached hydrogens (tertiary/aromatic N) is 4. The molecule has 0 amide bonds. The van der Waals surface area contributed by atoms with Gasteiger partial charge in [-0.25, -0.2) is 9.50 Å². The van der Waals surface area contributed by atoms with E-state index in [0.717, 1.165) is 30.1 Å². The third-order valence-corrected chi connectivity index (χ3v) is 4.71. The number of methoxy groups -OCH3 is 1. The largest absolute Gasteiger partial charge is 0.497 e. The minimum Gasteiger partial charge on any atom is -0.497 e. The predicted octanol–water partition coefficient (Wildman–Crippen LogP) is 2.23. The van der Waals surface area contributed by atoms with Crippen LogP contribution in [0.25, 0.3) is 16.9 Å². The molecule has 0 N–H and O–H groups in total. The Morgan fingerprint density at radius 3 is 2.59 bits per heavy atom. The summed E-state index contributed by atoms with van der Waals surface area (Å²) in [5.74, 6) is 0.769. The van der Waals surface area contributed by atoms with Gasteiger partial charge in [-0.1, -0.05) is 0 Å². The van der Waals surface area contributed by atoms with Crippen molar-refractivity contribution >= 4 is 11.4 Å². The first-order chi connectivity index (χ1) is 13.2. The molecule has 0 saturated carbocycles. The molecule has 0 radical (unpaired) electrons. The zero-order chi connectivity index (χ0) is 18.8. The molecular weight excluding hydrogens is 344 g/mol. The maximum absolute atomic E-state index is 13.2. The van der Waals surface area contributed by atoms with Gasteiger partial charge in [-0.3, -0.25) is 9.69 Å². The van der Waals surface area contributed by atoms with Gasteiger partial charge in [0.1, 0.15) is 17.1 Å². The summed E-state index contributed by atoms with van der Waals surface area (Å²) in [4.78, 5) is 20.0. The van der Waals surface area contributed by atoms with Crippen LogP contribution in [0.5, 0.6) is 5.75 Å². The van der Waals surface area contributed by atoms with E-state index in [9.17, 15) is 4.79 Å². The number of aromatic nitrogens is 3. The number of carbonyl (C=O) groups excluding carboxylic acids is 1. The topological polar surface area (TPSA) is 69.0 Å². The number of imidazole rings is 1. The maximum atomic E-state index is 13.2. The van der Waals surface area contributed by atoms with Crippen molar-refractivity contribution in [1.29, 1.82) is 0 Å². The smallest absolute Gasteiger partial charge is 0.197 e. The normalized spacial score (nSPS) is 15.2. The summed E-state index contributed by atoms with van der Waals surface area (Å²) in [6.07, 6.45) is 0. The summed E-state index contributed by atoms with van der Waals surface area (Å²) < 4.78 is 12.3. The molecule has 1 aliphatic heterocycles. The van der Waals surface area contributed by atoms with Crippen LogP contribution in [0.4, 0.5) is 0 Å². The number of ether oxygens (including phenoxy) is 2. The van der Waals surface area contributed by atoms with Crippen LogP contribution >= 0.6 is 0 Å². The predicted molar refractivity (Wildman–Crippen MR) is 101 cm³/mol. The minimum absolute atomic E-state index is 0.00770. The second-order valence-electron chi connectivity index (χ2n) is 6.59. The molecule has 27 heavy (non-hydrogen) atoms. The zero-order valence-electron chi connectivity index (χ0n) is 15.5. The van der Waals surface area contributed by atoms with Gasteiger partial charge in [0.15, 0.2) is 11.4 Å². The number of ketones is 1. The molecule has 4 rings (SSSR count). The Hall–Kier alpha value is -2.77. The van der Waals surface area contributed by atoms with E-state index in [2.05, 4.69) is 15.0 Å². The highest BCUT2D eigenvalue weighted by atomic mass is 16.5. The monoisotopic (exact) mass is 366 g/mol. The van der Waals surface area contributed by atoms with E-state index >= 15 is 0 Å². The van der Waals surface area contributed by atoms with Crippen LogP contribution < -0.4 is 4.74 Å². The lowest BCUT2D eigenvalue weighted by Gasteiger charge is -2.25. The third-order valence-electron chi connectivity index (χ3n) is 4.71. The van der Waals surface area contributed by atoms with Crippen molar-refractivity contribution in [2.75, 3.05) is 40.0 Å². The van der Waals surface area contributed by atoms with Crippen molar-refractivity contribution in [3.05, 3.63) is 47.8 Å². The van der Waals surface area contributed by atoms with E-state index in [4.69, 9.17) is 9.47 Å². The summed E-state index contributed by atoms with van der Waals surface area (Å²) in [6.45, 7) is 5.06. The molecule has 0 aliphatic carbocycles. The van der Waals surface area contributed by atoms with Gasteiger partial charge in [-0.15, -0.1) is 0 Å². The summed E-state index contributed by atoms with van der Waals surface area (Å²) in [6, 6.07) is 11.4. The van der Waals surface area contributed by atoms with Gasteiger partial charge in [0.05, 0.1) is 32.6 Å². The van der Waals surface area contributed by atoms with Crippen molar-refractivity contribution < 1.29 is 14.3 Å². The fourth-order valence-corrected chi connectivity index (χ4v) is 3.26. The molecule has 140 valence electrons. The van der Waals surface area contributed by atoms with E-state index in [1.807, 2.05) is 43.3 Å². The van der Waals surface area contributed by atoms with Crippen molar-refractivity contribution in [1.82, 2.24) is 19.5 Å². The van der Waals surface area contributed by atoms with E-state index in [1.54, 1.807) is 11.6 Å². The number of fused-ring (bicyclic) bond motifs is 1. The number of benzene rings is 1. The molecule has 3 heterocycles. The van der Waals surface area contributed by atoms with E-state index in [1.165, 1.54) is 0 Å². The Balaban J connectivity index is 1.77. The zero-order valence-corrected chi connectivity index (χ0v) is 15.5. The molecule has 0 spiro atoms. The van der Waals surface area contributed by atoms with Gasteiger partial charge in [0, 0.05) is 18.7 Å². The molecule has 3 aromatic rings. The number of morpholine rings is 1. The first kappa shape index (κ1) is 17.6. The number of rotatable bonds is 5. The van der Waals surface area contributed by atoms with E-state index in [0.29, 0.717) is 36.8 Å². The van der Waals surface area contributed by atoms with Crippen LogP contribution in [0, 0.1) is 6.92 Å². The summed E-state index contributed by atoms with van der Waals surface area (Å²) in [5.41, 5.74) is 3.53. The van der Waals surface area contributed by atoms with Crippen LogP contribution in [-0.4, -0.2) is 65.2 Å². The van der Waals surface area contributed by atoms with E-state index < -0.39 is 0 Å². The lowest BCUT2D eigenvalue weighted by atomic mass is 10.1. The highest BCUT2D eigenvalue weighted by molar-refractivity contribution is 6.02. The first-order valence-corrected chi connectivity index (χ1v) is 9.00. The number of hydrogen-bond acceptors (Lipinski definition) is 6. The number of Topliss-reactive ketones (excluding diaryl/α,β-unsaturated/α-hetero) is 1. The van der Waals surface area contributed by atoms with Gasteiger partial charge in [-0.05, 0) is 43.3 Å². The van der Waals surface area contributed by atoms with Crippen molar-refractivity contribution in [3.63, 3.8) is 0 Å². The van der Waals surface area contributed by atoms with Crippen LogP contribution in [0.15, 0.2) is 36.4 Å². The molecule has 1 fully saturated rings. The van der Waals surface area contributed by atoms with E-state index in [-0.39, 0.29) is 5.78 Å². The molecule has 1 aromatic carbocycles. The van der Waals surface area contributed by atoms with Gasteiger partial charge in [0.2, 0.25) is 0 Å². The molecule has 1 saturated heterocycles. The first-order valence-electron chi connectivity index (χ1n) is 9.00. The minimum atomic E-state index is 0.00770. The molecule has 2 aromatic heterocycles. The molecular formula is C20H22N4O3. The third kappa shape index (κ3) is 3.56. The average Bonchev–Trinajstić information content (AvgIpc) is 3.07. The Labute approximate surface area is 157 Å². The lowest BCUT2D eigenvalue weighted by molar-refractivity contribution is 0.0370. The Kier molecular flexibility index (Phi) is 4.87.